The maximum atomic E-state index is 14.2. The van der Waals surface area contributed by atoms with Crippen molar-refractivity contribution < 1.29 is 9.13 Å². The van der Waals surface area contributed by atoms with Crippen LogP contribution in [-0.2, 0) is 6.42 Å². The van der Waals surface area contributed by atoms with Crippen LogP contribution < -0.4 is 4.74 Å². The van der Waals surface area contributed by atoms with Crippen molar-refractivity contribution in [2.75, 3.05) is 20.7 Å². The van der Waals surface area contributed by atoms with Crippen LogP contribution in [0.25, 0.3) is 10.9 Å². The summed E-state index contributed by atoms with van der Waals surface area (Å²) in [5.41, 5.74) is 1.46. The quantitative estimate of drug-likeness (QED) is 0.903. The molecular weight excluding hydrogens is 245 g/mol. The fraction of sp³-hybridized carbons (Fsp3) is 0.500. The van der Waals surface area contributed by atoms with Crippen LogP contribution >= 0.6 is 0 Å². The number of hydrogen-bond acceptors (Lipinski definition) is 3. The smallest absolute Gasteiger partial charge is 0.176 e. The monoisotopic (exact) mass is 265 g/mol. The number of aromatic nitrogens is 2. The van der Waals surface area contributed by atoms with Gasteiger partial charge in [0.2, 0.25) is 0 Å². The molecule has 104 valence electrons. The van der Waals surface area contributed by atoms with E-state index in [0.717, 1.165) is 18.7 Å². The lowest BCUT2D eigenvalue weighted by atomic mass is 10.1. The number of fused-ring (bicyclic) bond motifs is 1. The normalized spacial score (nSPS) is 11.7. The minimum absolute atomic E-state index is 0.257. The summed E-state index contributed by atoms with van der Waals surface area (Å²) in [7, 11) is 3.52. The lowest BCUT2D eigenvalue weighted by Gasteiger charge is -2.20. The highest BCUT2D eigenvalue weighted by Gasteiger charge is 2.15. The number of rotatable bonds is 5. The summed E-state index contributed by atoms with van der Waals surface area (Å²) < 4.78 is 19.3. The van der Waals surface area contributed by atoms with Gasteiger partial charge in [-0.15, -0.1) is 0 Å². The second-order valence-electron chi connectivity index (χ2n) is 5.00. The van der Waals surface area contributed by atoms with Crippen LogP contribution in [0.2, 0.25) is 0 Å². The van der Waals surface area contributed by atoms with Crippen LogP contribution in [0.5, 0.6) is 5.75 Å². The predicted octanol–water partition coefficient (Wildman–Crippen LogP) is 2.59. The van der Waals surface area contributed by atoms with Crippen LogP contribution in [0, 0.1) is 5.82 Å². The van der Waals surface area contributed by atoms with E-state index < -0.39 is 0 Å². The van der Waals surface area contributed by atoms with E-state index in [0.29, 0.717) is 16.9 Å². The first kappa shape index (κ1) is 13.8. The van der Waals surface area contributed by atoms with E-state index >= 15 is 0 Å². The first-order valence-corrected chi connectivity index (χ1v) is 6.44. The topological polar surface area (TPSA) is 41.1 Å². The van der Waals surface area contributed by atoms with Crippen molar-refractivity contribution in [3.8, 4) is 5.75 Å². The zero-order chi connectivity index (χ0) is 14.0. The van der Waals surface area contributed by atoms with Crippen LogP contribution in [-0.4, -0.2) is 41.8 Å². The minimum atomic E-state index is -0.337. The Labute approximate surface area is 112 Å². The predicted molar refractivity (Wildman–Crippen MR) is 74.1 cm³/mol. The molecule has 0 aliphatic carbocycles. The van der Waals surface area contributed by atoms with Crippen LogP contribution in [0.4, 0.5) is 4.39 Å². The highest BCUT2D eigenvalue weighted by molar-refractivity contribution is 5.83. The Balaban J connectivity index is 2.29. The molecule has 0 unspecified atom stereocenters. The Morgan fingerprint density at radius 1 is 1.42 bits per heavy atom. The molecule has 0 aliphatic heterocycles. The molecule has 0 saturated carbocycles. The zero-order valence-electron chi connectivity index (χ0n) is 11.8. The van der Waals surface area contributed by atoms with Gasteiger partial charge in [-0.2, -0.15) is 5.10 Å². The maximum Gasteiger partial charge on any atom is 0.176 e. The second kappa shape index (κ2) is 5.57. The summed E-state index contributed by atoms with van der Waals surface area (Å²) in [6.45, 7) is 5.12. The lowest BCUT2D eigenvalue weighted by Crippen LogP contribution is -2.28. The molecule has 2 aromatic rings. The minimum Gasteiger partial charge on any atom is -0.494 e. The largest absolute Gasteiger partial charge is 0.494 e. The molecule has 0 fully saturated rings. The summed E-state index contributed by atoms with van der Waals surface area (Å²) in [6.07, 6.45) is 0.731. The fourth-order valence-electron chi connectivity index (χ4n) is 2.00. The molecule has 1 aromatic heterocycles. The Hall–Kier alpha value is -1.62. The number of likely N-dealkylation sites (N-methyl/N-ethyl adjacent to an activating group) is 1. The van der Waals surface area contributed by atoms with Crippen molar-refractivity contribution in [1.82, 2.24) is 15.1 Å². The lowest BCUT2D eigenvalue weighted by molar-refractivity contribution is 0.277. The molecule has 1 N–H and O–H groups in total. The standard InChI is InChI=1S/C14H20FN3O/c1-9(2)18(3)8-7-11-13-10(16-17-11)5-6-12(19-4)14(13)15/h5-6,9H,7-8H2,1-4H3,(H,16,17). The van der Waals surface area contributed by atoms with Gasteiger partial charge in [0.15, 0.2) is 11.6 Å². The van der Waals surface area contributed by atoms with Gasteiger partial charge in [-0.3, -0.25) is 5.10 Å². The van der Waals surface area contributed by atoms with Crippen molar-refractivity contribution in [3.05, 3.63) is 23.6 Å². The number of aromatic amines is 1. The second-order valence-corrected chi connectivity index (χ2v) is 5.00. The van der Waals surface area contributed by atoms with E-state index in [-0.39, 0.29) is 11.6 Å². The summed E-state index contributed by atoms with van der Waals surface area (Å²) >= 11 is 0. The molecule has 1 heterocycles. The van der Waals surface area contributed by atoms with Gasteiger partial charge < -0.3 is 9.64 Å². The van der Waals surface area contributed by atoms with E-state index in [9.17, 15) is 4.39 Å². The molecule has 0 atom stereocenters. The molecule has 0 spiro atoms. The van der Waals surface area contributed by atoms with Gasteiger partial charge >= 0.3 is 0 Å². The molecule has 2 rings (SSSR count). The number of benzene rings is 1. The van der Waals surface area contributed by atoms with Gasteiger partial charge in [0.25, 0.3) is 0 Å². The van der Waals surface area contributed by atoms with Crippen molar-refractivity contribution >= 4 is 10.9 Å². The Bertz CT molecular complexity index is 565. The van der Waals surface area contributed by atoms with E-state index in [4.69, 9.17) is 4.74 Å². The van der Waals surface area contributed by atoms with Crippen LogP contribution in [0.15, 0.2) is 12.1 Å². The van der Waals surface area contributed by atoms with Crippen LogP contribution in [0.1, 0.15) is 19.5 Å². The van der Waals surface area contributed by atoms with Crippen molar-refractivity contribution in [1.29, 1.82) is 0 Å². The molecule has 0 saturated heterocycles. The number of hydrogen-bond donors (Lipinski definition) is 1. The van der Waals surface area contributed by atoms with E-state index in [1.807, 2.05) is 0 Å². The molecule has 0 bridgehead atoms. The highest BCUT2D eigenvalue weighted by atomic mass is 19.1. The number of nitrogens with one attached hydrogen (secondary N) is 1. The molecule has 4 nitrogen and oxygen atoms in total. The van der Waals surface area contributed by atoms with E-state index in [1.165, 1.54) is 7.11 Å². The van der Waals surface area contributed by atoms with Crippen molar-refractivity contribution in [2.45, 2.75) is 26.3 Å². The number of methoxy groups -OCH3 is 1. The molecule has 1 aromatic carbocycles. The number of nitrogens with zero attached hydrogens (tertiary/aromatic N) is 2. The zero-order valence-corrected chi connectivity index (χ0v) is 11.8. The summed E-state index contributed by atoms with van der Waals surface area (Å²) in [6, 6.07) is 3.83. The first-order chi connectivity index (χ1) is 9.04. The average molecular weight is 265 g/mol. The summed E-state index contributed by atoms with van der Waals surface area (Å²) in [4.78, 5) is 2.21. The van der Waals surface area contributed by atoms with Crippen LogP contribution in [0.3, 0.4) is 0 Å². The van der Waals surface area contributed by atoms with Crippen molar-refractivity contribution in [3.63, 3.8) is 0 Å². The molecule has 0 amide bonds. The van der Waals surface area contributed by atoms with E-state index in [1.54, 1.807) is 12.1 Å². The van der Waals surface area contributed by atoms with Gasteiger partial charge in [-0.25, -0.2) is 4.39 Å². The SMILES string of the molecule is COc1ccc2n[nH]c(CCN(C)C(C)C)c2c1F. The molecule has 0 aliphatic rings. The van der Waals surface area contributed by atoms with Gasteiger partial charge in [-0.1, -0.05) is 0 Å². The maximum absolute atomic E-state index is 14.2. The molecule has 0 radical (unpaired) electrons. The van der Waals surface area contributed by atoms with Crippen molar-refractivity contribution in [2.24, 2.45) is 0 Å². The number of ether oxygens (including phenoxy) is 1. The first-order valence-electron chi connectivity index (χ1n) is 6.44. The third-order valence-corrected chi connectivity index (χ3v) is 3.51. The Morgan fingerprint density at radius 2 is 2.16 bits per heavy atom. The van der Waals surface area contributed by atoms with Gasteiger partial charge in [0.05, 0.1) is 18.0 Å². The molecular formula is C14H20FN3O. The van der Waals surface area contributed by atoms with E-state index in [2.05, 4.69) is 36.0 Å². The molecule has 5 heteroatoms. The summed E-state index contributed by atoms with van der Waals surface area (Å²) in [5, 5.41) is 7.60. The van der Waals surface area contributed by atoms with Gasteiger partial charge in [0, 0.05) is 24.7 Å². The Morgan fingerprint density at radius 3 is 2.79 bits per heavy atom. The van der Waals surface area contributed by atoms with Gasteiger partial charge in [-0.05, 0) is 33.0 Å². The third-order valence-electron chi connectivity index (χ3n) is 3.51. The number of H-pyrrole nitrogens is 1. The third kappa shape index (κ3) is 2.71. The average Bonchev–Trinajstić information content (AvgIpc) is 2.80. The summed E-state index contributed by atoms with van der Waals surface area (Å²) in [5.74, 6) is -0.0803. The fourth-order valence-corrected chi connectivity index (χ4v) is 2.00. The van der Waals surface area contributed by atoms with Gasteiger partial charge in [0.1, 0.15) is 0 Å². The molecule has 19 heavy (non-hydrogen) atoms. The Kier molecular flexibility index (Phi) is 4.04. The highest BCUT2D eigenvalue weighted by Crippen LogP contribution is 2.27. The number of halogens is 1.